The third-order valence-corrected chi connectivity index (χ3v) is 4.60. The molecule has 0 fully saturated rings. The molecular formula is C12H12N2O2S. The normalized spacial score (nSPS) is 19.2. The molecule has 2 aromatic heterocycles. The summed E-state index contributed by atoms with van der Waals surface area (Å²) in [4.78, 5) is 21.5. The summed E-state index contributed by atoms with van der Waals surface area (Å²) in [6.07, 6.45) is 3.90. The Hall–Kier alpha value is -1.49. The molecule has 1 N–H and O–H groups in total. The first-order chi connectivity index (χ1) is 8.16. The molecule has 2 heterocycles. The number of hydrogen-bond acceptors (Lipinski definition) is 5. The summed E-state index contributed by atoms with van der Waals surface area (Å²) in [7, 11) is 0. The SMILES string of the molecule is CC(=O)C1CCc2sc3ncnc(O)c3c2C1. The third-order valence-electron chi connectivity index (χ3n) is 3.40. The zero-order valence-corrected chi connectivity index (χ0v) is 10.3. The molecule has 88 valence electrons. The first kappa shape index (κ1) is 10.7. The minimum Gasteiger partial charge on any atom is -0.493 e. The Kier molecular flexibility index (Phi) is 2.36. The molecular weight excluding hydrogens is 236 g/mol. The summed E-state index contributed by atoms with van der Waals surface area (Å²) in [5.74, 6) is 0.350. The van der Waals surface area contributed by atoms with Crippen molar-refractivity contribution in [3.8, 4) is 5.88 Å². The lowest BCUT2D eigenvalue weighted by molar-refractivity contribution is -0.121. The monoisotopic (exact) mass is 248 g/mol. The molecule has 0 spiro atoms. The lowest BCUT2D eigenvalue weighted by Crippen LogP contribution is -2.19. The van der Waals surface area contributed by atoms with E-state index < -0.39 is 0 Å². The average Bonchev–Trinajstić information content (AvgIpc) is 2.67. The van der Waals surface area contributed by atoms with Gasteiger partial charge in [0.1, 0.15) is 16.9 Å². The Bertz CT molecular complexity index is 606. The Morgan fingerprint density at radius 3 is 3.12 bits per heavy atom. The highest BCUT2D eigenvalue weighted by atomic mass is 32.1. The van der Waals surface area contributed by atoms with E-state index in [0.717, 1.165) is 28.6 Å². The Morgan fingerprint density at radius 1 is 1.53 bits per heavy atom. The second kappa shape index (κ2) is 3.77. The summed E-state index contributed by atoms with van der Waals surface area (Å²) >= 11 is 1.61. The fourth-order valence-corrected chi connectivity index (χ4v) is 3.62. The number of aromatic hydroxyl groups is 1. The van der Waals surface area contributed by atoms with Gasteiger partial charge in [-0.1, -0.05) is 0 Å². The van der Waals surface area contributed by atoms with Crippen molar-refractivity contribution in [2.24, 2.45) is 5.92 Å². The van der Waals surface area contributed by atoms with Gasteiger partial charge in [0.05, 0.1) is 5.39 Å². The van der Waals surface area contributed by atoms with Crippen LogP contribution in [0.4, 0.5) is 0 Å². The summed E-state index contributed by atoms with van der Waals surface area (Å²) < 4.78 is 0. The Morgan fingerprint density at radius 2 is 2.35 bits per heavy atom. The van der Waals surface area contributed by atoms with E-state index in [9.17, 15) is 9.90 Å². The summed E-state index contributed by atoms with van der Waals surface area (Å²) in [5.41, 5.74) is 1.08. The second-order valence-electron chi connectivity index (χ2n) is 4.43. The third kappa shape index (κ3) is 1.61. The van der Waals surface area contributed by atoms with Crippen LogP contribution in [0.1, 0.15) is 23.8 Å². The molecule has 0 saturated carbocycles. The lowest BCUT2D eigenvalue weighted by atomic mass is 9.85. The van der Waals surface area contributed by atoms with E-state index in [0.29, 0.717) is 6.42 Å². The smallest absolute Gasteiger partial charge is 0.223 e. The van der Waals surface area contributed by atoms with Gasteiger partial charge >= 0.3 is 0 Å². The van der Waals surface area contributed by atoms with E-state index in [1.807, 2.05) is 0 Å². The number of carbonyl (C=O) groups is 1. The van der Waals surface area contributed by atoms with Crippen LogP contribution in [0.15, 0.2) is 6.33 Å². The molecule has 0 radical (unpaired) electrons. The Labute approximate surface area is 102 Å². The first-order valence-corrected chi connectivity index (χ1v) is 6.43. The maximum absolute atomic E-state index is 11.5. The molecule has 0 bridgehead atoms. The van der Waals surface area contributed by atoms with Crippen LogP contribution < -0.4 is 0 Å². The van der Waals surface area contributed by atoms with Crippen LogP contribution >= 0.6 is 11.3 Å². The fraction of sp³-hybridized carbons (Fsp3) is 0.417. The molecule has 3 rings (SSSR count). The molecule has 0 saturated heterocycles. The molecule has 5 heteroatoms. The van der Waals surface area contributed by atoms with E-state index in [-0.39, 0.29) is 17.6 Å². The maximum Gasteiger partial charge on any atom is 0.223 e. The number of aromatic nitrogens is 2. The summed E-state index contributed by atoms with van der Waals surface area (Å²) in [6.45, 7) is 1.64. The fourth-order valence-electron chi connectivity index (χ4n) is 2.44. The number of hydrogen-bond donors (Lipinski definition) is 1. The standard InChI is InChI=1S/C12H12N2O2S/c1-6(15)7-2-3-9-8(4-7)10-11(16)13-5-14-12(10)17-9/h5,7H,2-4H2,1H3,(H,13,14,16). The first-order valence-electron chi connectivity index (χ1n) is 5.61. The van der Waals surface area contributed by atoms with Gasteiger partial charge in [-0.25, -0.2) is 9.97 Å². The molecule has 1 aliphatic carbocycles. The number of aryl methyl sites for hydroxylation is 1. The van der Waals surface area contributed by atoms with Gasteiger partial charge in [-0.3, -0.25) is 4.79 Å². The molecule has 0 amide bonds. The van der Waals surface area contributed by atoms with Crippen LogP contribution in [0.2, 0.25) is 0 Å². The quantitative estimate of drug-likeness (QED) is 0.839. The predicted molar refractivity (Wildman–Crippen MR) is 65.3 cm³/mol. The summed E-state index contributed by atoms with van der Waals surface area (Å²) in [6, 6.07) is 0. The molecule has 4 nitrogen and oxygen atoms in total. The van der Waals surface area contributed by atoms with Crippen LogP contribution in [-0.2, 0) is 17.6 Å². The molecule has 17 heavy (non-hydrogen) atoms. The van der Waals surface area contributed by atoms with Crippen molar-refractivity contribution < 1.29 is 9.90 Å². The second-order valence-corrected chi connectivity index (χ2v) is 5.52. The molecule has 1 atom stereocenters. The highest BCUT2D eigenvalue weighted by Gasteiger charge is 2.27. The molecule has 1 unspecified atom stereocenters. The molecule has 0 aromatic carbocycles. The van der Waals surface area contributed by atoms with Gasteiger partial charge in [0.25, 0.3) is 0 Å². The van der Waals surface area contributed by atoms with Crippen molar-refractivity contribution >= 4 is 27.3 Å². The van der Waals surface area contributed by atoms with Crippen molar-refractivity contribution in [3.63, 3.8) is 0 Å². The van der Waals surface area contributed by atoms with E-state index in [4.69, 9.17) is 0 Å². The van der Waals surface area contributed by atoms with Crippen LogP contribution in [0.3, 0.4) is 0 Å². The minimum atomic E-state index is 0.0386. The number of Topliss-reactive ketones (excluding diaryl/α,β-unsaturated/α-hetero) is 1. The Balaban J connectivity index is 2.17. The van der Waals surface area contributed by atoms with Gasteiger partial charge in [0.15, 0.2) is 0 Å². The van der Waals surface area contributed by atoms with Gasteiger partial charge in [-0.2, -0.15) is 0 Å². The molecule has 1 aliphatic rings. The molecule has 2 aromatic rings. The largest absolute Gasteiger partial charge is 0.493 e. The van der Waals surface area contributed by atoms with Gasteiger partial charge in [0.2, 0.25) is 5.88 Å². The highest BCUT2D eigenvalue weighted by Crippen LogP contribution is 2.40. The average molecular weight is 248 g/mol. The van der Waals surface area contributed by atoms with Crippen molar-refractivity contribution in [1.82, 2.24) is 9.97 Å². The van der Waals surface area contributed by atoms with Crippen molar-refractivity contribution in [2.45, 2.75) is 26.2 Å². The number of fused-ring (bicyclic) bond motifs is 3. The number of carbonyl (C=O) groups excluding carboxylic acids is 1. The van der Waals surface area contributed by atoms with Crippen LogP contribution in [-0.4, -0.2) is 20.9 Å². The minimum absolute atomic E-state index is 0.0386. The van der Waals surface area contributed by atoms with E-state index >= 15 is 0 Å². The summed E-state index contributed by atoms with van der Waals surface area (Å²) in [5, 5.41) is 10.6. The van der Waals surface area contributed by atoms with Crippen LogP contribution in [0.25, 0.3) is 10.2 Å². The number of ketones is 1. The number of thiophene rings is 1. The van der Waals surface area contributed by atoms with Gasteiger partial charge < -0.3 is 5.11 Å². The lowest BCUT2D eigenvalue weighted by Gasteiger charge is -2.19. The van der Waals surface area contributed by atoms with Crippen LogP contribution in [0, 0.1) is 5.92 Å². The highest BCUT2D eigenvalue weighted by molar-refractivity contribution is 7.18. The molecule has 0 aliphatic heterocycles. The van der Waals surface area contributed by atoms with Gasteiger partial charge in [0, 0.05) is 10.8 Å². The maximum atomic E-state index is 11.5. The van der Waals surface area contributed by atoms with Crippen LogP contribution in [0.5, 0.6) is 5.88 Å². The van der Waals surface area contributed by atoms with Crippen molar-refractivity contribution in [1.29, 1.82) is 0 Å². The zero-order chi connectivity index (χ0) is 12.0. The van der Waals surface area contributed by atoms with Gasteiger partial charge in [-0.15, -0.1) is 11.3 Å². The van der Waals surface area contributed by atoms with E-state index in [2.05, 4.69) is 9.97 Å². The topological polar surface area (TPSA) is 63.1 Å². The number of nitrogens with zero attached hydrogens (tertiary/aromatic N) is 2. The zero-order valence-electron chi connectivity index (χ0n) is 9.43. The van der Waals surface area contributed by atoms with Crippen molar-refractivity contribution in [3.05, 3.63) is 16.8 Å². The van der Waals surface area contributed by atoms with E-state index in [1.165, 1.54) is 11.2 Å². The van der Waals surface area contributed by atoms with Gasteiger partial charge in [-0.05, 0) is 31.7 Å². The number of rotatable bonds is 1. The predicted octanol–water partition coefficient (Wildman–Crippen LogP) is 2.09. The van der Waals surface area contributed by atoms with Crippen molar-refractivity contribution in [2.75, 3.05) is 0 Å². The van der Waals surface area contributed by atoms with E-state index in [1.54, 1.807) is 18.3 Å².